The molecule has 4 amide bonds. The summed E-state index contributed by atoms with van der Waals surface area (Å²) in [7, 11) is 2.60. The van der Waals surface area contributed by atoms with Crippen molar-refractivity contribution in [2.75, 3.05) is 32.1 Å². The van der Waals surface area contributed by atoms with Crippen LogP contribution in [0.25, 0.3) is 6.08 Å². The average Bonchev–Trinajstić information content (AvgIpc) is 2.68. The number of barbiturate groups is 1. The van der Waals surface area contributed by atoms with Gasteiger partial charge in [-0.25, -0.2) is 4.79 Å². The van der Waals surface area contributed by atoms with E-state index in [0.29, 0.717) is 18.7 Å². The molecule has 2 aliphatic heterocycles. The predicted molar refractivity (Wildman–Crippen MR) is 96.3 cm³/mol. The predicted octanol–water partition coefficient (Wildman–Crippen LogP) is 2.90. The quantitative estimate of drug-likeness (QED) is 0.571. The third-order valence-corrected chi connectivity index (χ3v) is 5.17. The van der Waals surface area contributed by atoms with Crippen LogP contribution in [0, 0.1) is 5.92 Å². The van der Waals surface area contributed by atoms with Gasteiger partial charge < -0.3 is 4.90 Å². The van der Waals surface area contributed by atoms with Crippen molar-refractivity contribution in [3.8, 4) is 0 Å². The van der Waals surface area contributed by atoms with Gasteiger partial charge in [0.25, 0.3) is 11.8 Å². The number of likely N-dealkylation sites (N-methyl/N-ethyl adjacent to an activating group) is 2. The van der Waals surface area contributed by atoms with E-state index >= 15 is 0 Å². The van der Waals surface area contributed by atoms with E-state index < -0.39 is 29.9 Å². The van der Waals surface area contributed by atoms with Gasteiger partial charge in [-0.1, -0.05) is 12.1 Å². The monoisotopic (exact) mass is 395 g/mol. The van der Waals surface area contributed by atoms with E-state index in [0.717, 1.165) is 15.5 Å². The van der Waals surface area contributed by atoms with Crippen LogP contribution in [0.5, 0.6) is 0 Å². The maximum Gasteiger partial charge on any atom is 0.391 e. The smallest absolute Gasteiger partial charge is 0.372 e. The Kier molecular flexibility index (Phi) is 5.18. The molecule has 0 unspecified atom stereocenters. The van der Waals surface area contributed by atoms with Crippen molar-refractivity contribution in [3.05, 3.63) is 35.4 Å². The lowest BCUT2D eigenvalue weighted by Gasteiger charge is -2.34. The van der Waals surface area contributed by atoms with E-state index in [1.807, 2.05) is 4.90 Å². The number of piperidine rings is 1. The lowest BCUT2D eigenvalue weighted by molar-refractivity contribution is -0.179. The summed E-state index contributed by atoms with van der Waals surface area (Å²) in [4.78, 5) is 39.8. The Balaban J connectivity index is 1.73. The number of carbonyl (C=O) groups excluding carboxylic acids is 3. The molecule has 1 aromatic rings. The molecule has 2 heterocycles. The van der Waals surface area contributed by atoms with E-state index in [2.05, 4.69) is 0 Å². The van der Waals surface area contributed by atoms with Crippen LogP contribution < -0.4 is 4.90 Å². The van der Waals surface area contributed by atoms with E-state index in [1.165, 1.54) is 20.2 Å². The lowest BCUT2D eigenvalue weighted by Crippen LogP contribution is -2.52. The number of imide groups is 2. The Hall–Kier alpha value is -2.84. The van der Waals surface area contributed by atoms with Crippen LogP contribution in [0.4, 0.5) is 23.7 Å². The zero-order valence-corrected chi connectivity index (χ0v) is 15.5. The maximum atomic E-state index is 12.8. The van der Waals surface area contributed by atoms with Crippen molar-refractivity contribution in [3.63, 3.8) is 0 Å². The van der Waals surface area contributed by atoms with Crippen LogP contribution in [-0.2, 0) is 9.59 Å². The molecule has 0 atom stereocenters. The number of anilines is 1. The van der Waals surface area contributed by atoms with Crippen molar-refractivity contribution in [2.45, 2.75) is 19.0 Å². The fraction of sp³-hybridized carbons (Fsp3) is 0.421. The summed E-state index contributed by atoms with van der Waals surface area (Å²) in [6, 6.07) is 6.18. The average molecular weight is 395 g/mol. The number of carbonyl (C=O) groups is 3. The minimum Gasteiger partial charge on any atom is -0.372 e. The molecule has 1 aromatic carbocycles. The van der Waals surface area contributed by atoms with Crippen LogP contribution in [-0.4, -0.2) is 61.0 Å². The van der Waals surface area contributed by atoms with Crippen molar-refractivity contribution < 1.29 is 27.6 Å². The summed E-state index contributed by atoms with van der Waals surface area (Å²) >= 11 is 0. The zero-order valence-electron chi connectivity index (χ0n) is 15.5. The van der Waals surface area contributed by atoms with E-state index in [4.69, 9.17) is 0 Å². The molecule has 150 valence electrons. The summed E-state index contributed by atoms with van der Waals surface area (Å²) in [6.07, 6.45) is -2.62. The third kappa shape index (κ3) is 3.74. The van der Waals surface area contributed by atoms with Gasteiger partial charge in [0, 0.05) is 32.9 Å². The number of rotatable bonds is 2. The lowest BCUT2D eigenvalue weighted by atomic mass is 9.96. The summed E-state index contributed by atoms with van der Waals surface area (Å²) < 4.78 is 38.3. The van der Waals surface area contributed by atoms with Gasteiger partial charge >= 0.3 is 12.2 Å². The Morgan fingerprint density at radius 2 is 1.43 bits per heavy atom. The molecule has 0 saturated carbocycles. The molecular weight excluding hydrogens is 375 g/mol. The molecule has 0 spiro atoms. The number of alkyl halides is 3. The van der Waals surface area contributed by atoms with Gasteiger partial charge in [0.1, 0.15) is 5.57 Å². The largest absolute Gasteiger partial charge is 0.391 e. The highest BCUT2D eigenvalue weighted by molar-refractivity contribution is 6.30. The summed E-state index contributed by atoms with van der Waals surface area (Å²) in [6.45, 7) is 0.637. The molecule has 0 aromatic heterocycles. The van der Waals surface area contributed by atoms with Gasteiger partial charge in [0.05, 0.1) is 5.92 Å². The molecule has 6 nitrogen and oxygen atoms in total. The van der Waals surface area contributed by atoms with Crippen LogP contribution in [0.15, 0.2) is 29.8 Å². The first kappa shape index (κ1) is 19.9. The van der Waals surface area contributed by atoms with Gasteiger partial charge in [0.2, 0.25) is 0 Å². The molecule has 0 radical (unpaired) electrons. The van der Waals surface area contributed by atoms with Crippen molar-refractivity contribution in [1.29, 1.82) is 0 Å². The van der Waals surface area contributed by atoms with E-state index in [1.54, 1.807) is 24.3 Å². The molecule has 3 rings (SSSR count). The second-order valence-corrected chi connectivity index (χ2v) is 6.96. The SMILES string of the molecule is CN1C(=O)C(=Cc2ccc(N3CCC(C(F)(F)F)CC3)cc2)C(=O)N(C)C1=O. The summed E-state index contributed by atoms with van der Waals surface area (Å²) in [5, 5.41) is 0. The highest BCUT2D eigenvalue weighted by Crippen LogP contribution is 2.35. The van der Waals surface area contributed by atoms with Crippen molar-refractivity contribution in [2.24, 2.45) is 5.92 Å². The van der Waals surface area contributed by atoms with Gasteiger partial charge in [-0.3, -0.25) is 19.4 Å². The van der Waals surface area contributed by atoms with Gasteiger partial charge in [0.15, 0.2) is 0 Å². The molecule has 0 bridgehead atoms. The third-order valence-electron chi connectivity index (χ3n) is 5.17. The molecule has 0 aliphatic carbocycles. The number of urea groups is 1. The Morgan fingerprint density at radius 3 is 1.89 bits per heavy atom. The number of hydrogen-bond acceptors (Lipinski definition) is 4. The van der Waals surface area contributed by atoms with E-state index in [-0.39, 0.29) is 18.4 Å². The number of amides is 4. The van der Waals surface area contributed by atoms with Crippen LogP contribution in [0.2, 0.25) is 0 Å². The fourth-order valence-electron chi connectivity index (χ4n) is 3.39. The van der Waals surface area contributed by atoms with Gasteiger partial charge in [-0.2, -0.15) is 13.2 Å². The summed E-state index contributed by atoms with van der Waals surface area (Å²) in [5.41, 5.74) is 1.25. The number of nitrogens with zero attached hydrogens (tertiary/aromatic N) is 3. The molecule has 2 saturated heterocycles. The first-order valence-corrected chi connectivity index (χ1v) is 8.83. The Bertz CT molecular complexity index is 799. The summed E-state index contributed by atoms with van der Waals surface area (Å²) in [5.74, 6) is -2.61. The Morgan fingerprint density at radius 1 is 0.929 bits per heavy atom. The van der Waals surface area contributed by atoms with Gasteiger partial charge in [-0.05, 0) is 36.6 Å². The standard InChI is InChI=1S/C19H20F3N3O3/c1-23-16(26)15(17(27)24(2)18(23)28)11-12-3-5-14(6-4-12)25-9-7-13(8-10-25)19(20,21)22/h3-6,11,13H,7-10H2,1-2H3. The second kappa shape index (κ2) is 7.29. The molecule has 28 heavy (non-hydrogen) atoms. The van der Waals surface area contributed by atoms with Crippen molar-refractivity contribution >= 4 is 29.6 Å². The molecule has 0 N–H and O–H groups in total. The number of hydrogen-bond donors (Lipinski definition) is 0. The first-order chi connectivity index (χ1) is 13.1. The number of halogens is 3. The minimum atomic E-state index is -4.15. The topological polar surface area (TPSA) is 60.9 Å². The molecule has 2 aliphatic rings. The zero-order chi connectivity index (χ0) is 20.6. The van der Waals surface area contributed by atoms with Crippen LogP contribution >= 0.6 is 0 Å². The maximum absolute atomic E-state index is 12.8. The molecule has 2 fully saturated rings. The normalized spacial score (nSPS) is 19.5. The fourth-order valence-corrected chi connectivity index (χ4v) is 3.39. The van der Waals surface area contributed by atoms with Crippen LogP contribution in [0.1, 0.15) is 18.4 Å². The second-order valence-electron chi connectivity index (χ2n) is 6.96. The minimum absolute atomic E-state index is 0.0605. The van der Waals surface area contributed by atoms with Crippen molar-refractivity contribution in [1.82, 2.24) is 9.80 Å². The highest BCUT2D eigenvalue weighted by atomic mass is 19.4. The first-order valence-electron chi connectivity index (χ1n) is 8.83. The van der Waals surface area contributed by atoms with E-state index in [9.17, 15) is 27.6 Å². The van der Waals surface area contributed by atoms with Gasteiger partial charge in [-0.15, -0.1) is 0 Å². The highest BCUT2D eigenvalue weighted by Gasteiger charge is 2.41. The Labute approximate surface area is 160 Å². The van der Waals surface area contributed by atoms with Crippen LogP contribution in [0.3, 0.4) is 0 Å². The molecular formula is C19H20F3N3O3. The molecule has 9 heteroatoms. The number of benzene rings is 1.